The van der Waals surface area contributed by atoms with Gasteiger partial charge in [0.2, 0.25) is 5.91 Å². The molecule has 0 radical (unpaired) electrons. The number of ether oxygens (including phenoxy) is 1. The van der Waals surface area contributed by atoms with Crippen LogP contribution in [0.1, 0.15) is 37.7 Å². The summed E-state index contributed by atoms with van der Waals surface area (Å²) in [6.07, 6.45) is 2.54. The smallest absolute Gasteiger partial charge is 0.385 e. The number of fused-ring (bicyclic) bond motifs is 1. The molecule has 1 aliphatic heterocycles. The maximum absolute atomic E-state index is 13.3. The number of aromatic nitrogens is 2. The van der Waals surface area contributed by atoms with Gasteiger partial charge in [0, 0.05) is 38.2 Å². The van der Waals surface area contributed by atoms with Crippen molar-refractivity contribution < 1.29 is 22.7 Å². The number of alkyl halides is 3. The lowest BCUT2D eigenvalue weighted by molar-refractivity contribution is -0.137. The first kappa shape index (κ1) is 23.7. The van der Waals surface area contributed by atoms with Gasteiger partial charge in [0.25, 0.3) is 0 Å². The van der Waals surface area contributed by atoms with Gasteiger partial charge < -0.3 is 15.4 Å². The Morgan fingerprint density at radius 2 is 1.94 bits per heavy atom. The van der Waals surface area contributed by atoms with Crippen LogP contribution >= 0.6 is 0 Å². The molecule has 2 aliphatic rings. The van der Waals surface area contributed by atoms with E-state index in [4.69, 9.17) is 10.5 Å². The van der Waals surface area contributed by atoms with Crippen molar-refractivity contribution in [2.24, 2.45) is 11.7 Å². The quantitative estimate of drug-likeness (QED) is 0.645. The molecule has 4 rings (SSSR count). The number of nitrogens with two attached hydrogens (primary N) is 1. The van der Waals surface area contributed by atoms with Crippen molar-refractivity contribution in [2.45, 2.75) is 50.4 Å². The molecule has 1 aromatic heterocycles. The van der Waals surface area contributed by atoms with E-state index in [1.54, 1.807) is 12.0 Å². The van der Waals surface area contributed by atoms with Crippen molar-refractivity contribution in [3.63, 3.8) is 0 Å². The van der Waals surface area contributed by atoms with Crippen molar-refractivity contribution in [1.29, 1.82) is 0 Å². The van der Waals surface area contributed by atoms with Gasteiger partial charge in [-0.05, 0) is 56.2 Å². The number of likely N-dealkylation sites (tertiary alicyclic amines) is 1. The van der Waals surface area contributed by atoms with E-state index < -0.39 is 17.6 Å². The van der Waals surface area contributed by atoms with E-state index in [1.165, 1.54) is 25.2 Å². The summed E-state index contributed by atoms with van der Waals surface area (Å²) in [5, 5.41) is 0.269. The minimum Gasteiger partial charge on any atom is -0.385 e. The summed E-state index contributed by atoms with van der Waals surface area (Å²) in [7, 11) is 1.73. The van der Waals surface area contributed by atoms with Crippen LogP contribution in [0.15, 0.2) is 24.5 Å². The molecule has 7 nitrogen and oxygen atoms in total. The fraction of sp³-hybridized carbons (Fsp3) is 0.609. The standard InChI is InChI=1S/C23H30F3N5O2/c1-33-9-8-15-2-5-17(6-3-15)30-11-18(12-30)31(13-21(27)32)22-19-10-16(23(24,25)26)4-7-20(19)28-14-29-22/h4,7,10,14-15,17-18H,2-3,5-6,8-9,11-13H2,1H3,(H2,27,32). The first-order valence-electron chi connectivity index (χ1n) is 11.4. The molecule has 2 heterocycles. The minimum atomic E-state index is -4.48. The maximum Gasteiger partial charge on any atom is 0.416 e. The Hall–Kier alpha value is -2.46. The highest BCUT2D eigenvalue weighted by Gasteiger charge is 2.39. The van der Waals surface area contributed by atoms with Crippen LogP contribution in [0, 0.1) is 5.92 Å². The summed E-state index contributed by atoms with van der Waals surface area (Å²) in [6.45, 7) is 2.15. The largest absolute Gasteiger partial charge is 0.416 e. The minimum absolute atomic E-state index is 0.0450. The van der Waals surface area contributed by atoms with E-state index in [0.717, 1.165) is 51.1 Å². The van der Waals surface area contributed by atoms with Crippen molar-refractivity contribution >= 4 is 22.6 Å². The summed E-state index contributed by atoms with van der Waals surface area (Å²) < 4.78 is 45.1. The van der Waals surface area contributed by atoms with Crippen LogP contribution in [-0.4, -0.2) is 66.2 Å². The Balaban J connectivity index is 1.49. The van der Waals surface area contributed by atoms with Crippen LogP contribution in [0.3, 0.4) is 0 Å². The van der Waals surface area contributed by atoms with E-state index in [0.29, 0.717) is 23.3 Å². The summed E-state index contributed by atoms with van der Waals surface area (Å²) in [4.78, 5) is 24.3. The lowest BCUT2D eigenvalue weighted by Gasteiger charge is -2.50. The zero-order valence-electron chi connectivity index (χ0n) is 18.7. The number of primary amides is 1. The molecule has 0 spiro atoms. The highest BCUT2D eigenvalue weighted by atomic mass is 19.4. The summed E-state index contributed by atoms with van der Waals surface area (Å²) in [5.41, 5.74) is 5.12. The highest BCUT2D eigenvalue weighted by Crippen LogP contribution is 2.36. The SMILES string of the molecule is COCCC1CCC(N2CC(N(CC(N)=O)c3ncnc4ccc(C(F)(F)F)cc34)C2)CC1. The molecule has 180 valence electrons. The van der Waals surface area contributed by atoms with E-state index in [-0.39, 0.29) is 18.0 Å². The highest BCUT2D eigenvalue weighted by molar-refractivity contribution is 5.92. The zero-order chi connectivity index (χ0) is 23.6. The topological polar surface area (TPSA) is 84.6 Å². The molecule has 1 saturated heterocycles. The van der Waals surface area contributed by atoms with Crippen LogP contribution in [0.2, 0.25) is 0 Å². The van der Waals surface area contributed by atoms with Crippen LogP contribution in [0.5, 0.6) is 0 Å². The molecule has 0 bridgehead atoms. The summed E-state index contributed by atoms with van der Waals surface area (Å²) in [6, 6.07) is 3.84. The van der Waals surface area contributed by atoms with E-state index in [2.05, 4.69) is 14.9 Å². The van der Waals surface area contributed by atoms with Gasteiger partial charge >= 0.3 is 6.18 Å². The second-order valence-corrected chi connectivity index (χ2v) is 9.08. The fourth-order valence-corrected chi connectivity index (χ4v) is 5.06. The first-order valence-corrected chi connectivity index (χ1v) is 11.4. The van der Waals surface area contributed by atoms with Gasteiger partial charge in [-0.25, -0.2) is 9.97 Å². The molecule has 1 aliphatic carbocycles. The molecule has 1 amide bonds. The van der Waals surface area contributed by atoms with Crippen LogP contribution in [-0.2, 0) is 15.7 Å². The molecule has 2 fully saturated rings. The number of anilines is 1. The zero-order valence-corrected chi connectivity index (χ0v) is 18.7. The van der Waals surface area contributed by atoms with Gasteiger partial charge in [0.1, 0.15) is 12.1 Å². The number of rotatable bonds is 8. The predicted octanol–water partition coefficient (Wildman–Crippen LogP) is 3.22. The number of carbonyl (C=O) groups is 1. The van der Waals surface area contributed by atoms with Crippen LogP contribution < -0.4 is 10.6 Å². The van der Waals surface area contributed by atoms with Gasteiger partial charge in [-0.15, -0.1) is 0 Å². The lowest BCUT2D eigenvalue weighted by Crippen LogP contribution is -2.64. The number of hydrogen-bond acceptors (Lipinski definition) is 6. The van der Waals surface area contributed by atoms with Crippen LogP contribution in [0.25, 0.3) is 10.9 Å². The number of carbonyl (C=O) groups excluding carboxylic acids is 1. The number of hydrogen-bond donors (Lipinski definition) is 1. The van der Waals surface area contributed by atoms with Gasteiger partial charge in [0.15, 0.2) is 0 Å². The fourth-order valence-electron chi connectivity index (χ4n) is 5.06. The predicted molar refractivity (Wildman–Crippen MR) is 119 cm³/mol. The van der Waals surface area contributed by atoms with Crippen molar-refractivity contribution in [2.75, 3.05) is 38.3 Å². The average Bonchev–Trinajstić information content (AvgIpc) is 2.75. The Labute approximate surface area is 191 Å². The Bertz CT molecular complexity index is 972. The normalized spacial score (nSPS) is 22.3. The molecule has 0 atom stereocenters. The van der Waals surface area contributed by atoms with Gasteiger partial charge in [-0.3, -0.25) is 9.69 Å². The lowest BCUT2D eigenvalue weighted by atomic mass is 9.82. The van der Waals surface area contributed by atoms with Crippen LogP contribution in [0.4, 0.5) is 19.0 Å². The maximum atomic E-state index is 13.3. The number of methoxy groups -OCH3 is 1. The Kier molecular flexibility index (Phi) is 7.04. The number of benzene rings is 1. The third-order valence-corrected chi connectivity index (χ3v) is 6.93. The summed E-state index contributed by atoms with van der Waals surface area (Å²) >= 11 is 0. The molecule has 2 aromatic rings. The molecular weight excluding hydrogens is 435 g/mol. The molecule has 1 aromatic carbocycles. The van der Waals surface area contributed by atoms with E-state index in [1.807, 2.05) is 0 Å². The second-order valence-electron chi connectivity index (χ2n) is 9.08. The second kappa shape index (κ2) is 9.80. The number of halogens is 3. The summed E-state index contributed by atoms with van der Waals surface area (Å²) in [5.74, 6) is 0.475. The molecule has 2 N–H and O–H groups in total. The monoisotopic (exact) mass is 465 g/mol. The Morgan fingerprint density at radius 3 is 2.58 bits per heavy atom. The number of nitrogens with zero attached hydrogens (tertiary/aromatic N) is 4. The molecule has 1 saturated carbocycles. The average molecular weight is 466 g/mol. The number of amides is 1. The van der Waals surface area contributed by atoms with Gasteiger partial charge in [-0.1, -0.05) is 0 Å². The third kappa shape index (κ3) is 5.38. The Morgan fingerprint density at radius 1 is 1.21 bits per heavy atom. The first-order chi connectivity index (χ1) is 15.8. The molecule has 33 heavy (non-hydrogen) atoms. The van der Waals surface area contributed by atoms with Crippen molar-refractivity contribution in [1.82, 2.24) is 14.9 Å². The molecular formula is C23H30F3N5O2. The molecule has 10 heteroatoms. The molecule has 0 unspecified atom stereocenters. The van der Waals surface area contributed by atoms with E-state index in [9.17, 15) is 18.0 Å². The van der Waals surface area contributed by atoms with Gasteiger partial charge in [0.05, 0.1) is 23.7 Å². The third-order valence-electron chi connectivity index (χ3n) is 6.93. The van der Waals surface area contributed by atoms with Crippen molar-refractivity contribution in [3.8, 4) is 0 Å². The van der Waals surface area contributed by atoms with E-state index >= 15 is 0 Å². The van der Waals surface area contributed by atoms with Crippen molar-refractivity contribution in [3.05, 3.63) is 30.1 Å². The van der Waals surface area contributed by atoms with Gasteiger partial charge in [-0.2, -0.15) is 13.2 Å².